The van der Waals surface area contributed by atoms with Crippen LogP contribution in [0.15, 0.2) is 18.2 Å². The Kier molecular flexibility index (Phi) is 5.67. The third-order valence-electron chi connectivity index (χ3n) is 4.53. The minimum Gasteiger partial charge on any atom is -0.365 e. The minimum atomic E-state index is -4.38. The van der Waals surface area contributed by atoms with E-state index in [0.29, 0.717) is 42.4 Å². The molecule has 0 aliphatic carbocycles. The van der Waals surface area contributed by atoms with Gasteiger partial charge in [0.25, 0.3) is 0 Å². The molecule has 0 spiro atoms. The van der Waals surface area contributed by atoms with Crippen molar-refractivity contribution in [3.8, 4) is 0 Å². The maximum Gasteiger partial charge on any atom is 0.416 e. The predicted octanol–water partition coefficient (Wildman–Crippen LogP) is 4.33. The van der Waals surface area contributed by atoms with Crippen LogP contribution in [-0.4, -0.2) is 23.2 Å². The standard InChI is InChI=1S/C19H22F3N3O2/c1-4-15-16(18-26-8-9-27-18)17(25-12(3)24-15)23-10-13-6-5-7-14(11(13)2)19(20,21)22/h5-7,18H,4,8-10H2,1-3H3,(H,23,24,25). The molecular formula is C19H22F3N3O2. The highest BCUT2D eigenvalue weighted by molar-refractivity contribution is 5.49. The molecule has 8 heteroatoms. The van der Waals surface area contributed by atoms with Crippen molar-refractivity contribution in [2.75, 3.05) is 18.5 Å². The molecule has 0 bridgehead atoms. The van der Waals surface area contributed by atoms with Gasteiger partial charge in [0.05, 0.1) is 30.0 Å². The topological polar surface area (TPSA) is 56.3 Å². The summed E-state index contributed by atoms with van der Waals surface area (Å²) in [6.45, 7) is 6.39. The van der Waals surface area contributed by atoms with Gasteiger partial charge >= 0.3 is 6.18 Å². The fraction of sp³-hybridized carbons (Fsp3) is 0.474. The van der Waals surface area contributed by atoms with E-state index in [1.807, 2.05) is 6.92 Å². The first kappa shape index (κ1) is 19.6. The minimum absolute atomic E-state index is 0.203. The fourth-order valence-corrected chi connectivity index (χ4v) is 3.18. The van der Waals surface area contributed by atoms with Gasteiger partial charge in [0.15, 0.2) is 6.29 Å². The molecule has 0 radical (unpaired) electrons. The normalized spacial score (nSPS) is 15.3. The van der Waals surface area contributed by atoms with Crippen molar-refractivity contribution in [3.05, 3.63) is 52.0 Å². The number of hydrogen-bond donors (Lipinski definition) is 1. The lowest BCUT2D eigenvalue weighted by Crippen LogP contribution is -2.15. The average Bonchev–Trinajstić information content (AvgIpc) is 3.13. The van der Waals surface area contributed by atoms with Gasteiger partial charge in [-0.1, -0.05) is 19.1 Å². The van der Waals surface area contributed by atoms with Crippen LogP contribution in [0.5, 0.6) is 0 Å². The molecule has 3 rings (SSSR count). The van der Waals surface area contributed by atoms with E-state index in [2.05, 4.69) is 15.3 Å². The number of nitrogens with one attached hydrogen (secondary N) is 1. The van der Waals surface area contributed by atoms with E-state index >= 15 is 0 Å². The van der Waals surface area contributed by atoms with Crippen LogP contribution in [0.1, 0.15) is 47.0 Å². The second-order valence-corrected chi connectivity index (χ2v) is 6.35. The zero-order valence-electron chi connectivity index (χ0n) is 15.5. The van der Waals surface area contributed by atoms with Crippen molar-refractivity contribution < 1.29 is 22.6 Å². The van der Waals surface area contributed by atoms with Crippen molar-refractivity contribution >= 4 is 5.82 Å². The van der Waals surface area contributed by atoms with Crippen molar-refractivity contribution in [2.45, 2.75) is 46.2 Å². The van der Waals surface area contributed by atoms with Crippen molar-refractivity contribution in [1.82, 2.24) is 9.97 Å². The van der Waals surface area contributed by atoms with Gasteiger partial charge in [0.2, 0.25) is 0 Å². The summed E-state index contributed by atoms with van der Waals surface area (Å²) in [4.78, 5) is 8.89. The molecule has 1 aromatic heterocycles. The largest absolute Gasteiger partial charge is 0.416 e. The van der Waals surface area contributed by atoms with Gasteiger partial charge in [0.1, 0.15) is 11.6 Å². The average molecular weight is 381 g/mol. The van der Waals surface area contributed by atoms with Crippen LogP contribution < -0.4 is 5.32 Å². The van der Waals surface area contributed by atoms with Gasteiger partial charge in [-0.25, -0.2) is 9.97 Å². The van der Waals surface area contributed by atoms with Crippen molar-refractivity contribution in [3.63, 3.8) is 0 Å². The number of aromatic nitrogens is 2. The van der Waals surface area contributed by atoms with Crippen molar-refractivity contribution in [2.24, 2.45) is 0 Å². The number of ether oxygens (including phenoxy) is 2. The Bertz CT molecular complexity index is 819. The highest BCUT2D eigenvalue weighted by atomic mass is 19.4. The molecule has 1 saturated heterocycles. The molecule has 0 atom stereocenters. The molecule has 2 heterocycles. The molecule has 1 aliphatic heterocycles. The molecule has 1 aliphatic rings. The quantitative estimate of drug-likeness (QED) is 0.835. The van der Waals surface area contributed by atoms with Crippen LogP contribution >= 0.6 is 0 Å². The molecule has 0 saturated carbocycles. The van der Waals surface area contributed by atoms with E-state index in [1.54, 1.807) is 13.0 Å². The third kappa shape index (κ3) is 4.22. The summed E-state index contributed by atoms with van der Waals surface area (Å²) in [6.07, 6.45) is -4.28. The van der Waals surface area contributed by atoms with E-state index in [9.17, 15) is 13.2 Å². The second kappa shape index (κ2) is 7.82. The summed E-state index contributed by atoms with van der Waals surface area (Å²) < 4.78 is 50.6. The summed E-state index contributed by atoms with van der Waals surface area (Å²) in [5.41, 5.74) is 1.65. The van der Waals surface area contributed by atoms with Crippen molar-refractivity contribution in [1.29, 1.82) is 0 Å². The van der Waals surface area contributed by atoms with Crippen LogP contribution in [0, 0.1) is 13.8 Å². The zero-order chi connectivity index (χ0) is 19.6. The maximum atomic E-state index is 13.1. The van der Waals surface area contributed by atoms with E-state index in [0.717, 1.165) is 11.8 Å². The third-order valence-corrected chi connectivity index (χ3v) is 4.53. The smallest absolute Gasteiger partial charge is 0.365 e. The number of rotatable bonds is 5. The fourth-order valence-electron chi connectivity index (χ4n) is 3.18. The van der Waals surface area contributed by atoms with E-state index in [-0.39, 0.29) is 12.1 Å². The molecule has 1 aromatic carbocycles. The van der Waals surface area contributed by atoms with Crippen LogP contribution in [-0.2, 0) is 28.6 Å². The van der Waals surface area contributed by atoms with Crippen LogP contribution in [0.2, 0.25) is 0 Å². The lowest BCUT2D eigenvalue weighted by atomic mass is 10.0. The molecule has 1 N–H and O–H groups in total. The molecule has 0 amide bonds. The molecule has 5 nitrogen and oxygen atoms in total. The van der Waals surface area contributed by atoms with Gasteiger partial charge in [0, 0.05) is 6.54 Å². The van der Waals surface area contributed by atoms with Gasteiger partial charge in [-0.05, 0) is 37.5 Å². The Morgan fingerprint density at radius 1 is 1.15 bits per heavy atom. The Labute approximate surface area is 155 Å². The lowest BCUT2D eigenvalue weighted by molar-refractivity contribution is -0.138. The Hall–Kier alpha value is -2.19. The highest BCUT2D eigenvalue weighted by Gasteiger charge is 2.33. The monoisotopic (exact) mass is 381 g/mol. The number of benzene rings is 1. The molecule has 0 unspecified atom stereocenters. The number of alkyl halides is 3. The summed E-state index contributed by atoms with van der Waals surface area (Å²) >= 11 is 0. The number of anilines is 1. The first-order valence-corrected chi connectivity index (χ1v) is 8.81. The van der Waals surface area contributed by atoms with Crippen LogP contribution in [0.25, 0.3) is 0 Å². The summed E-state index contributed by atoms with van der Waals surface area (Å²) in [7, 11) is 0. The molecule has 2 aromatic rings. The number of hydrogen-bond acceptors (Lipinski definition) is 5. The van der Waals surface area contributed by atoms with Crippen LogP contribution in [0.3, 0.4) is 0 Å². The van der Waals surface area contributed by atoms with Gasteiger partial charge in [-0.15, -0.1) is 0 Å². The summed E-state index contributed by atoms with van der Waals surface area (Å²) in [5, 5.41) is 3.16. The van der Waals surface area contributed by atoms with Crippen LogP contribution in [0.4, 0.5) is 19.0 Å². The Morgan fingerprint density at radius 2 is 1.85 bits per heavy atom. The second-order valence-electron chi connectivity index (χ2n) is 6.35. The molecule has 27 heavy (non-hydrogen) atoms. The number of nitrogens with zero attached hydrogens (tertiary/aromatic N) is 2. The summed E-state index contributed by atoms with van der Waals surface area (Å²) in [5.74, 6) is 1.11. The maximum absolute atomic E-state index is 13.1. The number of halogens is 3. The Morgan fingerprint density at radius 3 is 2.48 bits per heavy atom. The molecule has 1 fully saturated rings. The van der Waals surface area contributed by atoms with E-state index < -0.39 is 18.0 Å². The van der Waals surface area contributed by atoms with E-state index in [4.69, 9.17) is 9.47 Å². The predicted molar refractivity (Wildman–Crippen MR) is 94.3 cm³/mol. The SMILES string of the molecule is CCc1nc(C)nc(NCc2cccc(C(F)(F)F)c2C)c1C1OCCO1. The van der Waals surface area contributed by atoms with Gasteiger partial charge in [-0.3, -0.25) is 0 Å². The lowest BCUT2D eigenvalue weighted by Gasteiger charge is -2.20. The number of aryl methyl sites for hydroxylation is 2. The molecular weight excluding hydrogens is 359 g/mol. The highest BCUT2D eigenvalue weighted by Crippen LogP contribution is 2.34. The van der Waals surface area contributed by atoms with E-state index in [1.165, 1.54) is 13.0 Å². The Balaban J connectivity index is 1.91. The first-order chi connectivity index (χ1) is 12.8. The summed E-state index contributed by atoms with van der Waals surface area (Å²) in [6, 6.07) is 4.18. The zero-order valence-corrected chi connectivity index (χ0v) is 15.5. The van der Waals surface area contributed by atoms with Gasteiger partial charge in [-0.2, -0.15) is 13.2 Å². The van der Waals surface area contributed by atoms with Gasteiger partial charge < -0.3 is 14.8 Å². The first-order valence-electron chi connectivity index (χ1n) is 8.81. The molecule has 146 valence electrons.